The summed E-state index contributed by atoms with van der Waals surface area (Å²) in [6.45, 7) is 0.454. The summed E-state index contributed by atoms with van der Waals surface area (Å²) in [5, 5.41) is 4.29. The van der Waals surface area contributed by atoms with Crippen LogP contribution in [-0.2, 0) is 6.54 Å². The van der Waals surface area contributed by atoms with Crippen LogP contribution in [0.15, 0.2) is 47.2 Å². The van der Waals surface area contributed by atoms with Crippen LogP contribution in [0.5, 0.6) is 0 Å². The van der Waals surface area contributed by atoms with Gasteiger partial charge in [-0.15, -0.1) is 11.3 Å². The number of aromatic nitrogens is 1. The Balaban J connectivity index is 1.83. The molecule has 2 heterocycles. The lowest BCUT2D eigenvalue weighted by atomic mass is 10.2. The SMILES string of the molecule is O=C(NCc1ccncc1)c1sc2cc(Br)ccc2c1Cl. The third-order valence-electron chi connectivity index (χ3n) is 3.00. The summed E-state index contributed by atoms with van der Waals surface area (Å²) in [4.78, 5) is 16.8. The number of fused-ring (bicyclic) bond motifs is 1. The Hall–Kier alpha value is -1.43. The number of benzene rings is 1. The summed E-state index contributed by atoms with van der Waals surface area (Å²) in [6.07, 6.45) is 3.40. The van der Waals surface area contributed by atoms with Crippen LogP contribution in [0.1, 0.15) is 15.2 Å². The molecular weight excluding hydrogens is 372 g/mol. The van der Waals surface area contributed by atoms with E-state index < -0.39 is 0 Å². The predicted octanol–water partition coefficient (Wildman–Crippen LogP) is 4.64. The molecule has 0 spiro atoms. The van der Waals surface area contributed by atoms with Crippen molar-refractivity contribution in [1.29, 1.82) is 0 Å². The number of hydrogen-bond donors (Lipinski definition) is 1. The van der Waals surface area contributed by atoms with Gasteiger partial charge in [0, 0.05) is 33.5 Å². The molecular formula is C15H10BrClN2OS. The van der Waals surface area contributed by atoms with Gasteiger partial charge in [0.25, 0.3) is 5.91 Å². The average molecular weight is 382 g/mol. The Morgan fingerprint density at radius 2 is 2.05 bits per heavy atom. The predicted molar refractivity (Wildman–Crippen MR) is 89.9 cm³/mol. The molecule has 0 atom stereocenters. The van der Waals surface area contributed by atoms with Crippen molar-refractivity contribution in [1.82, 2.24) is 10.3 Å². The van der Waals surface area contributed by atoms with E-state index >= 15 is 0 Å². The number of nitrogens with zero attached hydrogens (tertiary/aromatic N) is 1. The molecule has 0 fully saturated rings. The minimum absolute atomic E-state index is 0.158. The molecule has 21 heavy (non-hydrogen) atoms. The first-order chi connectivity index (χ1) is 10.1. The van der Waals surface area contributed by atoms with Crippen molar-refractivity contribution < 1.29 is 4.79 Å². The van der Waals surface area contributed by atoms with E-state index in [1.165, 1.54) is 11.3 Å². The molecule has 0 unspecified atom stereocenters. The van der Waals surface area contributed by atoms with Crippen LogP contribution >= 0.6 is 38.9 Å². The first-order valence-electron chi connectivity index (χ1n) is 6.20. The highest BCUT2D eigenvalue weighted by Crippen LogP contribution is 2.36. The first-order valence-corrected chi connectivity index (χ1v) is 8.18. The lowest BCUT2D eigenvalue weighted by Gasteiger charge is -2.03. The molecule has 3 aromatic rings. The molecule has 1 aromatic carbocycles. The highest BCUT2D eigenvalue weighted by molar-refractivity contribution is 9.10. The zero-order valence-electron chi connectivity index (χ0n) is 10.8. The van der Waals surface area contributed by atoms with Gasteiger partial charge in [0.05, 0.1) is 5.02 Å². The fourth-order valence-electron chi connectivity index (χ4n) is 1.95. The van der Waals surface area contributed by atoms with Gasteiger partial charge in [0.2, 0.25) is 0 Å². The Bertz CT molecular complexity index is 804. The Kier molecular flexibility index (Phi) is 4.24. The minimum atomic E-state index is -0.158. The van der Waals surface area contributed by atoms with Crippen LogP contribution in [0.4, 0.5) is 0 Å². The van der Waals surface area contributed by atoms with Crippen molar-refractivity contribution in [3.8, 4) is 0 Å². The van der Waals surface area contributed by atoms with E-state index in [1.54, 1.807) is 12.4 Å². The number of hydrogen-bond acceptors (Lipinski definition) is 3. The fourth-order valence-corrected chi connectivity index (χ4v) is 3.93. The summed E-state index contributed by atoms with van der Waals surface area (Å²) < 4.78 is 1.96. The van der Waals surface area contributed by atoms with Gasteiger partial charge in [-0.3, -0.25) is 9.78 Å². The van der Waals surface area contributed by atoms with E-state index in [9.17, 15) is 4.79 Å². The number of amides is 1. The number of nitrogens with one attached hydrogen (secondary N) is 1. The van der Waals surface area contributed by atoms with Crippen molar-refractivity contribution in [2.75, 3.05) is 0 Å². The van der Waals surface area contributed by atoms with Crippen LogP contribution in [0, 0.1) is 0 Å². The minimum Gasteiger partial charge on any atom is -0.347 e. The first kappa shape index (κ1) is 14.5. The molecule has 106 valence electrons. The quantitative estimate of drug-likeness (QED) is 0.718. The molecule has 6 heteroatoms. The normalized spacial score (nSPS) is 10.8. The molecule has 2 aromatic heterocycles. The van der Waals surface area contributed by atoms with Gasteiger partial charge in [0.15, 0.2) is 0 Å². The van der Waals surface area contributed by atoms with Crippen LogP contribution in [0.2, 0.25) is 5.02 Å². The second kappa shape index (κ2) is 6.13. The zero-order valence-corrected chi connectivity index (χ0v) is 13.9. The molecule has 0 radical (unpaired) electrons. The number of carbonyl (C=O) groups is 1. The topological polar surface area (TPSA) is 42.0 Å². The molecule has 0 aliphatic carbocycles. The van der Waals surface area contributed by atoms with Crippen LogP contribution in [0.25, 0.3) is 10.1 Å². The Morgan fingerprint density at radius 1 is 1.29 bits per heavy atom. The average Bonchev–Trinajstić information content (AvgIpc) is 2.82. The fraction of sp³-hybridized carbons (Fsp3) is 0.0667. The van der Waals surface area contributed by atoms with Crippen molar-refractivity contribution in [2.24, 2.45) is 0 Å². The highest BCUT2D eigenvalue weighted by Gasteiger charge is 2.16. The van der Waals surface area contributed by atoms with Crippen molar-refractivity contribution in [2.45, 2.75) is 6.54 Å². The largest absolute Gasteiger partial charge is 0.347 e. The molecule has 0 saturated carbocycles. The van der Waals surface area contributed by atoms with Crippen molar-refractivity contribution >= 4 is 54.9 Å². The zero-order chi connectivity index (χ0) is 14.8. The number of rotatable bonds is 3. The smallest absolute Gasteiger partial charge is 0.263 e. The van der Waals surface area contributed by atoms with E-state index in [0.717, 1.165) is 20.1 Å². The summed E-state index contributed by atoms with van der Waals surface area (Å²) in [6, 6.07) is 9.52. The molecule has 0 aliphatic rings. The molecule has 1 N–H and O–H groups in total. The molecule has 0 aliphatic heterocycles. The van der Waals surface area contributed by atoms with E-state index in [4.69, 9.17) is 11.6 Å². The maximum absolute atomic E-state index is 12.3. The van der Waals surface area contributed by atoms with Gasteiger partial charge >= 0.3 is 0 Å². The monoisotopic (exact) mass is 380 g/mol. The van der Waals surface area contributed by atoms with Gasteiger partial charge in [-0.2, -0.15) is 0 Å². The van der Waals surface area contributed by atoms with E-state index in [-0.39, 0.29) is 5.91 Å². The van der Waals surface area contributed by atoms with E-state index in [0.29, 0.717) is 16.4 Å². The lowest BCUT2D eigenvalue weighted by Crippen LogP contribution is -2.22. The van der Waals surface area contributed by atoms with Gasteiger partial charge < -0.3 is 5.32 Å². The third kappa shape index (κ3) is 3.10. The Morgan fingerprint density at radius 3 is 2.81 bits per heavy atom. The molecule has 3 rings (SSSR count). The number of pyridine rings is 1. The van der Waals surface area contributed by atoms with Gasteiger partial charge in [-0.25, -0.2) is 0 Å². The number of carbonyl (C=O) groups excluding carboxylic acids is 1. The molecule has 0 bridgehead atoms. The lowest BCUT2D eigenvalue weighted by molar-refractivity contribution is 0.0955. The summed E-state index contributed by atoms with van der Waals surface area (Å²) in [5.41, 5.74) is 0.998. The second-order valence-electron chi connectivity index (χ2n) is 4.42. The number of thiophene rings is 1. The summed E-state index contributed by atoms with van der Waals surface area (Å²) in [5.74, 6) is -0.158. The van der Waals surface area contributed by atoms with E-state index in [2.05, 4.69) is 26.2 Å². The van der Waals surface area contributed by atoms with Crippen LogP contribution in [-0.4, -0.2) is 10.9 Å². The highest BCUT2D eigenvalue weighted by atomic mass is 79.9. The van der Waals surface area contributed by atoms with Gasteiger partial charge in [0.1, 0.15) is 4.88 Å². The van der Waals surface area contributed by atoms with Crippen LogP contribution in [0.3, 0.4) is 0 Å². The van der Waals surface area contributed by atoms with Crippen molar-refractivity contribution in [3.63, 3.8) is 0 Å². The Labute approximate surface area is 139 Å². The van der Waals surface area contributed by atoms with E-state index in [1.807, 2.05) is 30.3 Å². The van der Waals surface area contributed by atoms with Crippen LogP contribution < -0.4 is 5.32 Å². The number of halogens is 2. The third-order valence-corrected chi connectivity index (χ3v) is 5.15. The maximum atomic E-state index is 12.3. The van der Waals surface area contributed by atoms with Gasteiger partial charge in [-0.1, -0.05) is 33.6 Å². The van der Waals surface area contributed by atoms with Crippen molar-refractivity contribution in [3.05, 3.63) is 62.7 Å². The standard InChI is InChI=1S/C15H10BrClN2OS/c16-10-1-2-11-12(7-10)21-14(13(11)17)15(20)19-8-9-3-5-18-6-4-9/h1-7H,8H2,(H,19,20). The summed E-state index contributed by atoms with van der Waals surface area (Å²) in [7, 11) is 0. The molecule has 3 nitrogen and oxygen atoms in total. The summed E-state index contributed by atoms with van der Waals surface area (Å²) >= 11 is 11.1. The maximum Gasteiger partial charge on any atom is 0.263 e. The second-order valence-corrected chi connectivity index (χ2v) is 6.77. The molecule has 1 amide bonds. The molecule has 0 saturated heterocycles. The van der Waals surface area contributed by atoms with Gasteiger partial charge in [-0.05, 0) is 29.8 Å².